The minimum absolute atomic E-state index is 0.129. The molecule has 98 valence electrons. The summed E-state index contributed by atoms with van der Waals surface area (Å²) < 4.78 is 0. The summed E-state index contributed by atoms with van der Waals surface area (Å²) in [5.74, 6) is 0. The largest absolute Gasteiger partial charge is 0.391 e. The zero-order valence-electron chi connectivity index (χ0n) is 10.4. The highest BCUT2D eigenvalue weighted by Gasteiger charge is 2.22. The topological polar surface area (TPSA) is 61.4 Å². The molecule has 1 aromatic carbocycles. The van der Waals surface area contributed by atoms with Crippen molar-refractivity contribution in [3.8, 4) is 0 Å². The Kier molecular flexibility index (Phi) is 4.59. The van der Waals surface area contributed by atoms with E-state index >= 15 is 0 Å². The summed E-state index contributed by atoms with van der Waals surface area (Å²) in [4.78, 5) is 11.8. The van der Waals surface area contributed by atoms with E-state index in [-0.39, 0.29) is 12.1 Å². The van der Waals surface area contributed by atoms with Crippen LogP contribution in [0.1, 0.15) is 32.1 Å². The smallest absolute Gasteiger partial charge is 0.319 e. The van der Waals surface area contributed by atoms with Gasteiger partial charge in [0, 0.05) is 5.69 Å². The maximum absolute atomic E-state index is 11.8. The third kappa shape index (κ3) is 3.74. The van der Waals surface area contributed by atoms with Gasteiger partial charge in [0.1, 0.15) is 0 Å². The first-order chi connectivity index (χ1) is 8.75. The van der Waals surface area contributed by atoms with E-state index in [1.807, 2.05) is 30.3 Å². The van der Waals surface area contributed by atoms with Crippen molar-refractivity contribution in [2.45, 2.75) is 44.2 Å². The van der Waals surface area contributed by atoms with Crippen LogP contribution in [0.25, 0.3) is 0 Å². The number of benzene rings is 1. The van der Waals surface area contributed by atoms with E-state index in [9.17, 15) is 9.90 Å². The van der Waals surface area contributed by atoms with Gasteiger partial charge in [0.25, 0.3) is 0 Å². The third-order valence-electron chi connectivity index (χ3n) is 3.33. The molecule has 1 saturated carbocycles. The van der Waals surface area contributed by atoms with Crippen molar-refractivity contribution in [3.05, 3.63) is 30.3 Å². The van der Waals surface area contributed by atoms with E-state index in [4.69, 9.17) is 0 Å². The minimum atomic E-state index is -0.422. The van der Waals surface area contributed by atoms with Gasteiger partial charge < -0.3 is 15.7 Å². The average Bonchev–Trinajstić information content (AvgIpc) is 2.56. The number of carbonyl (C=O) groups excluding carboxylic acids is 1. The van der Waals surface area contributed by atoms with Crippen molar-refractivity contribution in [2.75, 3.05) is 5.32 Å². The SMILES string of the molecule is O=C(Nc1ccccc1)NC1CCCCCC1O. The lowest BCUT2D eigenvalue weighted by atomic mass is 10.1. The van der Waals surface area contributed by atoms with Gasteiger partial charge in [-0.3, -0.25) is 0 Å². The number of urea groups is 1. The molecule has 3 N–H and O–H groups in total. The molecule has 18 heavy (non-hydrogen) atoms. The molecule has 2 unspecified atom stereocenters. The lowest BCUT2D eigenvalue weighted by molar-refractivity contribution is 0.124. The molecule has 2 rings (SSSR count). The molecule has 0 spiro atoms. The number of nitrogens with one attached hydrogen (secondary N) is 2. The number of para-hydroxylation sites is 1. The van der Waals surface area contributed by atoms with E-state index in [1.54, 1.807) is 0 Å². The molecule has 0 heterocycles. The normalized spacial score (nSPS) is 24.1. The second-order valence-electron chi connectivity index (χ2n) is 4.78. The molecule has 1 fully saturated rings. The molecule has 0 aliphatic heterocycles. The monoisotopic (exact) mass is 248 g/mol. The van der Waals surface area contributed by atoms with Crippen molar-refractivity contribution < 1.29 is 9.90 Å². The minimum Gasteiger partial charge on any atom is -0.391 e. The van der Waals surface area contributed by atoms with E-state index in [0.717, 1.165) is 37.8 Å². The fraction of sp³-hybridized carbons (Fsp3) is 0.500. The second-order valence-corrected chi connectivity index (χ2v) is 4.78. The lowest BCUT2D eigenvalue weighted by Gasteiger charge is -2.21. The van der Waals surface area contributed by atoms with Crippen LogP contribution in [0.4, 0.5) is 10.5 Å². The second kappa shape index (κ2) is 6.40. The highest BCUT2D eigenvalue weighted by Crippen LogP contribution is 2.18. The van der Waals surface area contributed by atoms with Crippen LogP contribution in [0.5, 0.6) is 0 Å². The third-order valence-corrected chi connectivity index (χ3v) is 3.33. The average molecular weight is 248 g/mol. The zero-order chi connectivity index (χ0) is 12.8. The van der Waals surface area contributed by atoms with Crippen LogP contribution >= 0.6 is 0 Å². The van der Waals surface area contributed by atoms with Crippen molar-refractivity contribution in [1.29, 1.82) is 0 Å². The number of aliphatic hydroxyl groups excluding tert-OH is 1. The van der Waals surface area contributed by atoms with Gasteiger partial charge in [0.15, 0.2) is 0 Å². The first-order valence-corrected chi connectivity index (χ1v) is 6.56. The lowest BCUT2D eigenvalue weighted by Crippen LogP contribution is -2.44. The Bertz CT molecular complexity index is 381. The molecule has 1 aliphatic rings. The Morgan fingerprint density at radius 3 is 2.61 bits per heavy atom. The van der Waals surface area contributed by atoms with Crippen molar-refractivity contribution in [1.82, 2.24) is 5.32 Å². The molecule has 0 bridgehead atoms. The van der Waals surface area contributed by atoms with Crippen LogP contribution in [-0.2, 0) is 0 Å². The molecule has 4 nitrogen and oxygen atoms in total. The molecule has 2 amide bonds. The summed E-state index contributed by atoms with van der Waals surface area (Å²) in [6.45, 7) is 0. The van der Waals surface area contributed by atoms with Gasteiger partial charge in [0.2, 0.25) is 0 Å². The fourth-order valence-corrected chi connectivity index (χ4v) is 2.31. The molecule has 0 saturated heterocycles. The van der Waals surface area contributed by atoms with Crippen molar-refractivity contribution in [2.24, 2.45) is 0 Å². The Labute approximate surface area is 107 Å². The fourth-order valence-electron chi connectivity index (χ4n) is 2.31. The molecule has 2 atom stereocenters. The van der Waals surface area contributed by atoms with Gasteiger partial charge >= 0.3 is 6.03 Å². The summed E-state index contributed by atoms with van der Waals surface area (Å²) >= 11 is 0. The molecule has 1 aromatic rings. The summed E-state index contributed by atoms with van der Waals surface area (Å²) in [5, 5.41) is 15.5. The molecular weight excluding hydrogens is 228 g/mol. The molecule has 0 aromatic heterocycles. The van der Waals surface area contributed by atoms with E-state index in [2.05, 4.69) is 10.6 Å². The van der Waals surface area contributed by atoms with Crippen LogP contribution in [0, 0.1) is 0 Å². The van der Waals surface area contributed by atoms with Gasteiger partial charge in [-0.25, -0.2) is 4.79 Å². The number of aliphatic hydroxyl groups is 1. The van der Waals surface area contributed by atoms with Crippen molar-refractivity contribution in [3.63, 3.8) is 0 Å². The Morgan fingerprint density at radius 1 is 1.11 bits per heavy atom. The summed E-state index contributed by atoms with van der Waals surface area (Å²) in [6.07, 6.45) is 4.44. The van der Waals surface area contributed by atoms with Crippen molar-refractivity contribution >= 4 is 11.7 Å². The van der Waals surface area contributed by atoms with Crippen LogP contribution in [0.15, 0.2) is 30.3 Å². The first-order valence-electron chi connectivity index (χ1n) is 6.56. The zero-order valence-corrected chi connectivity index (χ0v) is 10.4. The highest BCUT2D eigenvalue weighted by molar-refractivity contribution is 5.89. The maximum Gasteiger partial charge on any atom is 0.319 e. The predicted molar refractivity (Wildman–Crippen MR) is 71.5 cm³/mol. The summed E-state index contributed by atoms with van der Waals surface area (Å²) in [5.41, 5.74) is 0.762. The van der Waals surface area contributed by atoms with E-state index < -0.39 is 6.10 Å². The van der Waals surface area contributed by atoms with Gasteiger partial charge in [-0.15, -0.1) is 0 Å². The van der Waals surface area contributed by atoms with Crippen LogP contribution < -0.4 is 10.6 Å². The Morgan fingerprint density at radius 2 is 1.83 bits per heavy atom. The predicted octanol–water partition coefficient (Wildman–Crippen LogP) is 2.50. The van der Waals surface area contributed by atoms with Crippen LogP contribution in [-0.4, -0.2) is 23.3 Å². The van der Waals surface area contributed by atoms with Gasteiger partial charge in [0.05, 0.1) is 12.1 Å². The van der Waals surface area contributed by atoms with E-state index in [1.165, 1.54) is 0 Å². The van der Waals surface area contributed by atoms with Gasteiger partial charge in [-0.05, 0) is 25.0 Å². The standard InChI is InChI=1S/C14H20N2O2/c17-13-10-6-2-5-9-12(13)16-14(18)15-11-7-3-1-4-8-11/h1,3-4,7-8,12-13,17H,2,5-6,9-10H2,(H2,15,16,18). The van der Waals surface area contributed by atoms with E-state index in [0.29, 0.717) is 0 Å². The molecular formula is C14H20N2O2. The number of rotatable bonds is 2. The quantitative estimate of drug-likeness (QED) is 0.704. The number of amides is 2. The Balaban J connectivity index is 1.86. The van der Waals surface area contributed by atoms with Crippen LogP contribution in [0.3, 0.4) is 0 Å². The van der Waals surface area contributed by atoms with Crippen LogP contribution in [0.2, 0.25) is 0 Å². The molecule has 0 radical (unpaired) electrons. The number of hydrogen-bond acceptors (Lipinski definition) is 2. The summed E-state index contributed by atoms with van der Waals surface area (Å²) in [6, 6.07) is 8.94. The first kappa shape index (κ1) is 12.9. The van der Waals surface area contributed by atoms with Gasteiger partial charge in [-0.1, -0.05) is 37.5 Å². The number of hydrogen-bond donors (Lipinski definition) is 3. The summed E-state index contributed by atoms with van der Waals surface area (Å²) in [7, 11) is 0. The Hall–Kier alpha value is -1.55. The number of carbonyl (C=O) groups is 1. The number of anilines is 1. The highest BCUT2D eigenvalue weighted by atomic mass is 16.3. The van der Waals surface area contributed by atoms with Gasteiger partial charge in [-0.2, -0.15) is 0 Å². The molecule has 1 aliphatic carbocycles. The maximum atomic E-state index is 11.8. The molecule has 4 heteroatoms.